The first-order valence-electron chi connectivity index (χ1n) is 4.41. The van der Waals surface area contributed by atoms with Crippen molar-refractivity contribution in [2.45, 2.75) is 6.04 Å². The van der Waals surface area contributed by atoms with Crippen molar-refractivity contribution in [1.29, 1.82) is 5.26 Å². The molecule has 0 radical (unpaired) electrons. The lowest BCUT2D eigenvalue weighted by molar-refractivity contribution is 0.505. The molecule has 4 heteroatoms. The lowest BCUT2D eigenvalue weighted by Crippen LogP contribution is -2.56. The minimum Gasteiger partial charge on any atom is -0.366 e. The summed E-state index contributed by atoms with van der Waals surface area (Å²) in [7, 11) is 0. The summed E-state index contributed by atoms with van der Waals surface area (Å²) in [5.74, 6) is -0.351. The van der Waals surface area contributed by atoms with Crippen molar-refractivity contribution in [2.24, 2.45) is 5.73 Å². The van der Waals surface area contributed by atoms with Gasteiger partial charge in [-0.3, -0.25) is 0 Å². The molecular weight excluding hydrogens is 181 g/mol. The Labute approximate surface area is 81.5 Å². The minimum atomic E-state index is -0.351. The van der Waals surface area contributed by atoms with Crippen LogP contribution in [0.1, 0.15) is 5.56 Å². The Morgan fingerprint density at radius 3 is 2.71 bits per heavy atom. The Hall–Kier alpha value is -1.60. The highest BCUT2D eigenvalue weighted by molar-refractivity contribution is 5.53. The van der Waals surface area contributed by atoms with Gasteiger partial charge in [-0.25, -0.2) is 4.39 Å². The summed E-state index contributed by atoms with van der Waals surface area (Å²) in [5.41, 5.74) is 6.47. The van der Waals surface area contributed by atoms with Gasteiger partial charge in [-0.15, -0.1) is 0 Å². The van der Waals surface area contributed by atoms with E-state index in [1.807, 2.05) is 11.0 Å². The Balaban J connectivity index is 2.24. The lowest BCUT2D eigenvalue weighted by atomic mass is 10.1. The molecule has 0 aromatic heterocycles. The normalized spacial score (nSPS) is 16.2. The van der Waals surface area contributed by atoms with Crippen LogP contribution in [0, 0.1) is 17.1 Å². The summed E-state index contributed by atoms with van der Waals surface area (Å²) in [6.07, 6.45) is 0. The average Bonchev–Trinajstić information content (AvgIpc) is 2.13. The highest BCUT2D eigenvalue weighted by Gasteiger charge is 2.25. The van der Waals surface area contributed by atoms with Crippen molar-refractivity contribution in [3.8, 4) is 6.07 Å². The zero-order valence-corrected chi connectivity index (χ0v) is 7.57. The van der Waals surface area contributed by atoms with Gasteiger partial charge in [-0.05, 0) is 18.2 Å². The molecule has 1 aliphatic heterocycles. The van der Waals surface area contributed by atoms with E-state index >= 15 is 0 Å². The van der Waals surface area contributed by atoms with Crippen LogP contribution < -0.4 is 10.6 Å². The van der Waals surface area contributed by atoms with Gasteiger partial charge in [0.15, 0.2) is 0 Å². The topological polar surface area (TPSA) is 53.0 Å². The van der Waals surface area contributed by atoms with Gasteiger partial charge in [0, 0.05) is 19.1 Å². The molecule has 0 aliphatic carbocycles. The number of anilines is 1. The van der Waals surface area contributed by atoms with E-state index in [2.05, 4.69) is 0 Å². The van der Waals surface area contributed by atoms with E-state index < -0.39 is 0 Å². The van der Waals surface area contributed by atoms with Crippen LogP contribution in [0.2, 0.25) is 0 Å². The lowest BCUT2D eigenvalue weighted by Gasteiger charge is -2.38. The van der Waals surface area contributed by atoms with Crippen LogP contribution in [0.15, 0.2) is 18.2 Å². The molecule has 0 saturated carbocycles. The highest BCUT2D eigenvalue weighted by Crippen LogP contribution is 2.24. The maximum absolute atomic E-state index is 13.4. The number of nitrogens with two attached hydrogens (primary N) is 1. The molecule has 3 nitrogen and oxygen atoms in total. The number of nitrogens with zero attached hydrogens (tertiary/aromatic N) is 2. The molecule has 2 rings (SSSR count). The maximum Gasteiger partial charge on any atom is 0.147 e. The maximum atomic E-state index is 13.4. The van der Waals surface area contributed by atoms with E-state index in [1.54, 1.807) is 12.1 Å². The first kappa shape index (κ1) is 8.97. The third kappa shape index (κ3) is 1.42. The molecule has 0 atom stereocenters. The monoisotopic (exact) mass is 191 g/mol. The van der Waals surface area contributed by atoms with E-state index in [9.17, 15) is 4.39 Å². The standard InChI is InChI=1S/C10H10FN3/c11-9-3-7(4-12)1-2-10(9)14-5-8(13)6-14/h1-3,8H,5-6,13H2. The van der Waals surface area contributed by atoms with Crippen LogP contribution in [0.4, 0.5) is 10.1 Å². The van der Waals surface area contributed by atoms with Crippen molar-refractivity contribution in [3.63, 3.8) is 0 Å². The molecule has 1 aromatic rings. The summed E-state index contributed by atoms with van der Waals surface area (Å²) >= 11 is 0. The summed E-state index contributed by atoms with van der Waals surface area (Å²) in [6, 6.07) is 6.53. The average molecular weight is 191 g/mol. The zero-order chi connectivity index (χ0) is 10.1. The second-order valence-corrected chi connectivity index (χ2v) is 3.44. The van der Waals surface area contributed by atoms with Gasteiger partial charge in [0.05, 0.1) is 17.3 Å². The molecule has 72 valence electrons. The fraction of sp³-hybridized carbons (Fsp3) is 0.300. The molecular formula is C10H10FN3. The second-order valence-electron chi connectivity index (χ2n) is 3.44. The molecule has 2 N–H and O–H groups in total. The molecule has 1 heterocycles. The predicted molar refractivity (Wildman–Crippen MR) is 51.3 cm³/mol. The molecule has 1 fully saturated rings. The van der Waals surface area contributed by atoms with Gasteiger partial charge in [0.2, 0.25) is 0 Å². The number of hydrogen-bond donors (Lipinski definition) is 1. The first-order chi connectivity index (χ1) is 6.70. The summed E-state index contributed by atoms with van der Waals surface area (Å²) in [5, 5.41) is 8.55. The first-order valence-corrected chi connectivity index (χ1v) is 4.41. The van der Waals surface area contributed by atoms with Crippen molar-refractivity contribution in [1.82, 2.24) is 0 Å². The molecule has 1 saturated heterocycles. The largest absolute Gasteiger partial charge is 0.366 e. The Morgan fingerprint density at radius 1 is 1.50 bits per heavy atom. The predicted octanol–water partition coefficient (Wildman–Crippen LogP) is 0.845. The third-order valence-electron chi connectivity index (χ3n) is 2.33. The van der Waals surface area contributed by atoms with Crippen LogP contribution in [0.25, 0.3) is 0 Å². The summed E-state index contributed by atoms with van der Waals surface area (Å²) in [4.78, 5) is 1.86. The van der Waals surface area contributed by atoms with Crippen LogP contribution in [0.3, 0.4) is 0 Å². The number of halogens is 1. The Kier molecular flexibility index (Phi) is 2.10. The smallest absolute Gasteiger partial charge is 0.147 e. The quantitative estimate of drug-likeness (QED) is 0.715. The molecule has 0 unspecified atom stereocenters. The summed E-state index contributed by atoms with van der Waals surface area (Å²) < 4.78 is 13.4. The number of rotatable bonds is 1. The minimum absolute atomic E-state index is 0.144. The van der Waals surface area contributed by atoms with Crippen LogP contribution in [0.5, 0.6) is 0 Å². The van der Waals surface area contributed by atoms with Crippen molar-refractivity contribution in [3.05, 3.63) is 29.6 Å². The second kappa shape index (κ2) is 3.28. The number of nitriles is 1. The van der Waals surface area contributed by atoms with Gasteiger partial charge < -0.3 is 10.6 Å². The molecule has 0 bridgehead atoms. The van der Waals surface area contributed by atoms with Gasteiger partial charge in [-0.2, -0.15) is 5.26 Å². The molecule has 0 amide bonds. The van der Waals surface area contributed by atoms with Crippen molar-refractivity contribution < 1.29 is 4.39 Å². The fourth-order valence-electron chi connectivity index (χ4n) is 1.54. The van der Waals surface area contributed by atoms with Crippen molar-refractivity contribution >= 4 is 5.69 Å². The molecule has 0 spiro atoms. The van der Waals surface area contributed by atoms with Gasteiger partial charge >= 0.3 is 0 Å². The van der Waals surface area contributed by atoms with E-state index in [-0.39, 0.29) is 11.9 Å². The van der Waals surface area contributed by atoms with E-state index in [0.29, 0.717) is 24.3 Å². The van der Waals surface area contributed by atoms with Gasteiger partial charge in [-0.1, -0.05) is 0 Å². The molecule has 1 aliphatic rings. The van der Waals surface area contributed by atoms with Crippen LogP contribution in [-0.4, -0.2) is 19.1 Å². The highest BCUT2D eigenvalue weighted by atomic mass is 19.1. The van der Waals surface area contributed by atoms with E-state index in [1.165, 1.54) is 6.07 Å². The Morgan fingerprint density at radius 2 is 2.21 bits per heavy atom. The van der Waals surface area contributed by atoms with E-state index in [0.717, 1.165) is 0 Å². The van der Waals surface area contributed by atoms with E-state index in [4.69, 9.17) is 11.0 Å². The fourth-order valence-corrected chi connectivity index (χ4v) is 1.54. The van der Waals surface area contributed by atoms with Crippen molar-refractivity contribution in [2.75, 3.05) is 18.0 Å². The SMILES string of the molecule is N#Cc1ccc(N2CC(N)C2)c(F)c1. The molecule has 14 heavy (non-hydrogen) atoms. The van der Waals surface area contributed by atoms with Crippen LogP contribution in [-0.2, 0) is 0 Å². The van der Waals surface area contributed by atoms with Gasteiger partial charge in [0.1, 0.15) is 5.82 Å². The zero-order valence-electron chi connectivity index (χ0n) is 7.57. The third-order valence-corrected chi connectivity index (χ3v) is 2.33. The van der Waals surface area contributed by atoms with Gasteiger partial charge in [0.25, 0.3) is 0 Å². The Bertz CT molecular complexity index is 391. The number of hydrogen-bond acceptors (Lipinski definition) is 3. The number of benzene rings is 1. The summed E-state index contributed by atoms with van der Waals surface area (Å²) in [6.45, 7) is 1.37. The van der Waals surface area contributed by atoms with Crippen LogP contribution >= 0.6 is 0 Å². The molecule has 1 aromatic carbocycles.